The van der Waals surface area contributed by atoms with Gasteiger partial charge in [-0.15, -0.1) is 0 Å². The zero-order valence-electron chi connectivity index (χ0n) is 14.4. The molecule has 0 aliphatic carbocycles. The van der Waals surface area contributed by atoms with E-state index in [1.54, 1.807) is 12.1 Å². The lowest BCUT2D eigenvalue weighted by atomic mass is 10.2. The minimum absolute atomic E-state index is 0.289. The predicted octanol–water partition coefficient (Wildman–Crippen LogP) is 1.60. The minimum Gasteiger partial charge on any atom is -0.443 e. The third kappa shape index (κ3) is 4.59. The van der Waals surface area contributed by atoms with Gasteiger partial charge in [0.2, 0.25) is 5.91 Å². The second-order valence-electron chi connectivity index (χ2n) is 6.14. The second kappa shape index (κ2) is 8.59. The average Bonchev–Trinajstić information content (AvgIpc) is 3.00. The molecule has 3 rings (SSSR count). The molecule has 2 heterocycles. The Morgan fingerprint density at radius 1 is 1.35 bits per heavy atom. The number of rotatable bonds is 7. The van der Waals surface area contributed by atoms with Crippen molar-refractivity contribution in [2.24, 2.45) is 5.73 Å². The highest BCUT2D eigenvalue weighted by Gasteiger charge is 2.32. The van der Waals surface area contributed by atoms with E-state index in [1.807, 2.05) is 4.90 Å². The van der Waals surface area contributed by atoms with Crippen molar-refractivity contribution in [1.82, 2.24) is 0 Å². The fraction of sp³-hybridized carbons (Fsp3) is 0.529. The third-order valence-corrected chi connectivity index (χ3v) is 5.37. The molecule has 0 aromatic heterocycles. The first-order valence-corrected chi connectivity index (χ1v) is 9.66. The molecule has 2 fully saturated rings. The molecule has 1 unspecified atom stereocenters. The van der Waals surface area contributed by atoms with Crippen LogP contribution in [0.4, 0.5) is 20.6 Å². The van der Waals surface area contributed by atoms with Gasteiger partial charge in [-0.2, -0.15) is 11.8 Å². The topological polar surface area (TPSA) is 85.1 Å². The van der Waals surface area contributed by atoms with Gasteiger partial charge in [-0.25, -0.2) is 9.18 Å². The number of carbonyl (C=O) groups excluding carboxylic acids is 2. The first-order valence-electron chi connectivity index (χ1n) is 8.51. The van der Waals surface area contributed by atoms with E-state index in [0.29, 0.717) is 62.1 Å². The zero-order valence-corrected chi connectivity index (χ0v) is 15.2. The smallest absolute Gasteiger partial charge is 0.414 e. The van der Waals surface area contributed by atoms with Gasteiger partial charge >= 0.3 is 6.09 Å². The Morgan fingerprint density at radius 3 is 2.81 bits per heavy atom. The highest BCUT2D eigenvalue weighted by Crippen LogP contribution is 2.29. The molecule has 26 heavy (non-hydrogen) atoms. The fourth-order valence-electron chi connectivity index (χ4n) is 2.93. The summed E-state index contributed by atoms with van der Waals surface area (Å²) < 4.78 is 25.1. The quantitative estimate of drug-likeness (QED) is 0.720. The number of benzene rings is 1. The lowest BCUT2D eigenvalue weighted by Gasteiger charge is -2.29. The second-order valence-corrected chi connectivity index (χ2v) is 7.29. The van der Waals surface area contributed by atoms with Gasteiger partial charge in [0.25, 0.3) is 0 Å². The molecule has 1 aromatic rings. The summed E-state index contributed by atoms with van der Waals surface area (Å²) in [6.07, 6.45) is -0.477. The van der Waals surface area contributed by atoms with Crippen molar-refractivity contribution in [2.45, 2.75) is 12.5 Å². The van der Waals surface area contributed by atoms with E-state index in [4.69, 9.17) is 15.2 Å². The van der Waals surface area contributed by atoms with Crippen molar-refractivity contribution < 1.29 is 23.5 Å². The van der Waals surface area contributed by atoms with Crippen LogP contribution >= 0.6 is 11.8 Å². The van der Waals surface area contributed by atoms with Gasteiger partial charge in [-0.1, -0.05) is 0 Å². The van der Waals surface area contributed by atoms with Crippen molar-refractivity contribution in [2.75, 3.05) is 54.2 Å². The standard InChI is InChI=1S/C17H22FN3O4S/c18-14-9-12(1-2-15(14)20-4-6-24-7-5-20)21-10-13(25-17(21)23)11-26-8-3-16(19)22/h1-2,9,13H,3-8,10-11H2,(H2,19,22). The minimum atomic E-state index is -0.482. The number of hydrogen-bond donors (Lipinski definition) is 1. The average molecular weight is 383 g/mol. The van der Waals surface area contributed by atoms with E-state index < -0.39 is 6.09 Å². The van der Waals surface area contributed by atoms with Crippen molar-refractivity contribution >= 4 is 35.1 Å². The maximum Gasteiger partial charge on any atom is 0.414 e. The van der Waals surface area contributed by atoms with Crippen molar-refractivity contribution in [3.05, 3.63) is 24.0 Å². The molecule has 142 valence electrons. The molecular weight excluding hydrogens is 361 g/mol. The number of morpholine rings is 1. The van der Waals surface area contributed by atoms with E-state index in [9.17, 15) is 14.0 Å². The maximum absolute atomic E-state index is 14.5. The summed E-state index contributed by atoms with van der Waals surface area (Å²) in [6, 6.07) is 4.80. The number of halogens is 1. The predicted molar refractivity (Wildman–Crippen MR) is 98.2 cm³/mol. The number of nitrogens with zero attached hydrogens (tertiary/aromatic N) is 2. The maximum atomic E-state index is 14.5. The molecule has 2 saturated heterocycles. The van der Waals surface area contributed by atoms with Crippen LogP contribution in [0, 0.1) is 5.82 Å². The largest absolute Gasteiger partial charge is 0.443 e. The Labute approximate surface area is 155 Å². The van der Waals surface area contributed by atoms with Crippen LogP contribution in [0.5, 0.6) is 0 Å². The first-order chi connectivity index (χ1) is 12.5. The van der Waals surface area contributed by atoms with Gasteiger partial charge in [-0.05, 0) is 18.2 Å². The number of ether oxygens (including phenoxy) is 2. The lowest BCUT2D eigenvalue weighted by molar-refractivity contribution is -0.117. The monoisotopic (exact) mass is 383 g/mol. The lowest BCUT2D eigenvalue weighted by Crippen LogP contribution is -2.36. The van der Waals surface area contributed by atoms with Crippen molar-refractivity contribution in [1.29, 1.82) is 0 Å². The SMILES string of the molecule is NC(=O)CCSCC1CN(c2ccc(N3CCOCC3)c(F)c2)C(=O)O1. The number of cyclic esters (lactones) is 1. The van der Waals surface area contributed by atoms with Crippen LogP contribution in [-0.2, 0) is 14.3 Å². The number of hydrogen-bond acceptors (Lipinski definition) is 6. The van der Waals surface area contributed by atoms with Gasteiger partial charge in [0.05, 0.1) is 31.1 Å². The number of anilines is 2. The molecule has 2 aliphatic rings. The summed E-state index contributed by atoms with van der Waals surface area (Å²) in [7, 11) is 0. The van der Waals surface area contributed by atoms with Crippen LogP contribution in [0.1, 0.15) is 6.42 Å². The van der Waals surface area contributed by atoms with Gasteiger partial charge in [0.1, 0.15) is 11.9 Å². The molecule has 0 saturated carbocycles. The summed E-state index contributed by atoms with van der Waals surface area (Å²) in [4.78, 5) is 26.2. The van der Waals surface area contributed by atoms with E-state index in [0.717, 1.165) is 0 Å². The molecule has 2 aliphatic heterocycles. The van der Waals surface area contributed by atoms with Crippen molar-refractivity contribution in [3.8, 4) is 0 Å². The Bertz CT molecular complexity index is 669. The van der Waals surface area contributed by atoms with E-state index in [2.05, 4.69) is 0 Å². The van der Waals surface area contributed by atoms with Crippen molar-refractivity contribution in [3.63, 3.8) is 0 Å². The zero-order chi connectivity index (χ0) is 18.5. The molecule has 9 heteroatoms. The summed E-state index contributed by atoms with van der Waals surface area (Å²) in [5, 5.41) is 0. The fourth-order valence-corrected chi connectivity index (χ4v) is 3.88. The van der Waals surface area contributed by atoms with Crippen LogP contribution in [0.3, 0.4) is 0 Å². The highest BCUT2D eigenvalue weighted by atomic mass is 32.2. The normalized spacial score (nSPS) is 20.3. The van der Waals surface area contributed by atoms with Crippen LogP contribution in [0.15, 0.2) is 18.2 Å². The summed E-state index contributed by atoms with van der Waals surface area (Å²) in [5.74, 6) is 0.450. The number of carbonyl (C=O) groups is 2. The van der Waals surface area contributed by atoms with Gasteiger partial charge in [-0.3, -0.25) is 9.69 Å². The third-order valence-electron chi connectivity index (χ3n) is 4.27. The first kappa shape index (κ1) is 18.8. The number of thioether (sulfide) groups is 1. The molecule has 1 atom stereocenters. The van der Waals surface area contributed by atoms with Crippen LogP contribution in [-0.4, -0.2) is 62.5 Å². The van der Waals surface area contributed by atoms with E-state index >= 15 is 0 Å². The molecule has 2 N–H and O–H groups in total. The number of nitrogens with two attached hydrogens (primary N) is 1. The number of primary amides is 1. The Balaban J connectivity index is 1.59. The molecule has 0 bridgehead atoms. The van der Waals surface area contributed by atoms with Gasteiger partial charge in [0.15, 0.2) is 0 Å². The highest BCUT2D eigenvalue weighted by molar-refractivity contribution is 7.99. The molecule has 1 aromatic carbocycles. The van der Waals surface area contributed by atoms with Gasteiger partial charge in [0, 0.05) is 31.0 Å². The molecule has 0 spiro atoms. The summed E-state index contributed by atoms with van der Waals surface area (Å²) in [6.45, 7) is 2.81. The van der Waals surface area contributed by atoms with Crippen LogP contribution < -0.4 is 15.5 Å². The van der Waals surface area contributed by atoms with Crippen LogP contribution in [0.25, 0.3) is 0 Å². The van der Waals surface area contributed by atoms with E-state index in [1.165, 1.54) is 22.7 Å². The molecule has 7 nitrogen and oxygen atoms in total. The Kier molecular flexibility index (Phi) is 6.20. The number of amides is 2. The molecule has 2 amide bonds. The van der Waals surface area contributed by atoms with Gasteiger partial charge < -0.3 is 20.1 Å². The Hall–Kier alpha value is -2.00. The van der Waals surface area contributed by atoms with Crippen LogP contribution in [0.2, 0.25) is 0 Å². The summed E-state index contributed by atoms with van der Waals surface area (Å²) in [5.41, 5.74) is 6.09. The van der Waals surface area contributed by atoms with E-state index in [-0.39, 0.29) is 17.8 Å². The Morgan fingerprint density at radius 2 is 2.12 bits per heavy atom. The summed E-state index contributed by atoms with van der Waals surface area (Å²) >= 11 is 1.51. The molecular formula is C17H22FN3O4S. The molecule has 0 radical (unpaired) electrons.